The van der Waals surface area contributed by atoms with Gasteiger partial charge in [0.2, 0.25) is 0 Å². The number of hydrogen-bond donors (Lipinski definition) is 0. The molecule has 11 heteroatoms. The minimum absolute atomic E-state index is 0.0999. The molecule has 1 aromatic carbocycles. The molecule has 0 aromatic heterocycles. The highest BCUT2D eigenvalue weighted by molar-refractivity contribution is 6.21. The third-order valence-corrected chi connectivity index (χ3v) is 4.88. The summed E-state index contributed by atoms with van der Waals surface area (Å²) in [6, 6.07) is 6.13. The quantitative estimate of drug-likeness (QED) is 0.492. The predicted molar refractivity (Wildman–Crippen MR) is 97.5 cm³/mol. The number of rotatable bonds is 4. The molecule has 168 valence electrons. The van der Waals surface area contributed by atoms with Crippen molar-refractivity contribution >= 4 is 17.2 Å². The molecular weight excluding hydrogens is 432 g/mol. The van der Waals surface area contributed by atoms with Crippen molar-refractivity contribution < 1.29 is 45.3 Å². The van der Waals surface area contributed by atoms with E-state index in [-0.39, 0.29) is 23.3 Å². The van der Waals surface area contributed by atoms with E-state index in [0.717, 1.165) is 0 Å². The van der Waals surface area contributed by atoms with E-state index in [1.54, 1.807) is 24.1 Å². The van der Waals surface area contributed by atoms with Crippen LogP contribution in [-0.4, -0.2) is 45.7 Å². The highest BCUT2D eigenvalue weighted by Gasteiger charge is 2.60. The second-order valence-corrected chi connectivity index (χ2v) is 6.70. The molecule has 0 fully saturated rings. The van der Waals surface area contributed by atoms with E-state index in [4.69, 9.17) is 9.47 Å². The summed E-state index contributed by atoms with van der Waals surface area (Å²) >= 11 is 0. The first-order valence-corrected chi connectivity index (χ1v) is 8.84. The third kappa shape index (κ3) is 4.08. The van der Waals surface area contributed by atoms with Gasteiger partial charge in [-0.2, -0.15) is 26.3 Å². The number of alkyl halides is 6. The van der Waals surface area contributed by atoms with Crippen LogP contribution < -0.4 is 4.90 Å². The topological polar surface area (TPSA) is 48.0 Å². The molecule has 1 aromatic rings. The van der Waals surface area contributed by atoms with Crippen LogP contribution in [0.3, 0.4) is 0 Å². The first kappa shape index (κ1) is 22.6. The van der Waals surface area contributed by atoms with Gasteiger partial charge in [0.25, 0.3) is 6.10 Å². The molecule has 0 N–H and O–H groups in total. The Labute approximate surface area is 173 Å². The van der Waals surface area contributed by atoms with Gasteiger partial charge in [0.15, 0.2) is 5.76 Å². The number of nitrogens with zero attached hydrogens (tertiary/aromatic N) is 1. The van der Waals surface area contributed by atoms with E-state index in [1.807, 2.05) is 0 Å². The number of carbonyl (C=O) groups is 1. The lowest BCUT2D eigenvalue weighted by molar-refractivity contribution is -0.311. The number of fused-ring (bicyclic) bond motifs is 2. The van der Waals surface area contributed by atoms with Crippen LogP contribution >= 0.6 is 0 Å². The van der Waals surface area contributed by atoms with Crippen molar-refractivity contribution in [3.63, 3.8) is 0 Å². The number of halogens is 6. The van der Waals surface area contributed by atoms with E-state index in [0.29, 0.717) is 17.1 Å². The first-order valence-electron chi connectivity index (χ1n) is 8.84. The standard InChI is InChI=1S/C20H17F6NO4/c1-27-12-7-5-4-6-10(12)16(11-8-14(29-2)15(30-3)9-13(11)27)17(28)31-18(19(21,22)23)20(24,25)26/h4-7,9,18H,8H2,1-3H3. The molecular formula is C20H17F6NO4. The van der Waals surface area contributed by atoms with Crippen LogP contribution in [0.4, 0.5) is 32.0 Å². The summed E-state index contributed by atoms with van der Waals surface area (Å²) in [6.07, 6.45) is -14.5. The normalized spacial score (nSPS) is 16.7. The van der Waals surface area contributed by atoms with Gasteiger partial charge in [0.1, 0.15) is 5.76 Å². The van der Waals surface area contributed by atoms with Gasteiger partial charge in [0, 0.05) is 36.5 Å². The van der Waals surface area contributed by atoms with Gasteiger partial charge in [-0.3, -0.25) is 0 Å². The Bertz CT molecular complexity index is 976. The molecule has 3 rings (SSSR count). The van der Waals surface area contributed by atoms with E-state index in [1.165, 1.54) is 32.4 Å². The average Bonchev–Trinajstić information content (AvgIpc) is 2.69. The number of methoxy groups -OCH3 is 2. The Morgan fingerprint density at radius 1 is 1.03 bits per heavy atom. The second kappa shape index (κ2) is 7.86. The summed E-state index contributed by atoms with van der Waals surface area (Å²) < 4.78 is 92.3. The van der Waals surface area contributed by atoms with Crippen molar-refractivity contribution in [2.45, 2.75) is 24.9 Å². The van der Waals surface area contributed by atoms with Crippen molar-refractivity contribution in [2.24, 2.45) is 0 Å². The Morgan fingerprint density at radius 2 is 1.65 bits per heavy atom. The Kier molecular flexibility index (Phi) is 5.72. The molecule has 31 heavy (non-hydrogen) atoms. The number of likely N-dealkylation sites (N-methyl/N-ethyl adjacent to an activating group) is 1. The molecule has 0 saturated carbocycles. The summed E-state index contributed by atoms with van der Waals surface area (Å²) in [4.78, 5) is 14.4. The van der Waals surface area contributed by atoms with Gasteiger partial charge in [0.05, 0.1) is 19.8 Å². The highest BCUT2D eigenvalue weighted by Crippen LogP contribution is 2.46. The number of carbonyl (C=O) groups excluding carboxylic acids is 1. The van der Waals surface area contributed by atoms with Crippen LogP contribution in [0.15, 0.2) is 53.1 Å². The van der Waals surface area contributed by atoms with Gasteiger partial charge in [-0.25, -0.2) is 4.79 Å². The zero-order valence-electron chi connectivity index (χ0n) is 16.5. The zero-order chi connectivity index (χ0) is 23.1. The van der Waals surface area contributed by atoms with E-state index >= 15 is 0 Å². The Balaban J connectivity index is 2.17. The largest absolute Gasteiger partial charge is 0.497 e. The summed E-state index contributed by atoms with van der Waals surface area (Å²) in [7, 11) is 4.35. The van der Waals surface area contributed by atoms with Gasteiger partial charge in [-0.15, -0.1) is 0 Å². The molecule has 0 radical (unpaired) electrons. The number of para-hydroxylation sites is 1. The molecule has 1 heterocycles. The molecule has 0 spiro atoms. The summed E-state index contributed by atoms with van der Waals surface area (Å²) in [6.45, 7) is 0. The van der Waals surface area contributed by atoms with E-state index in [2.05, 4.69) is 4.74 Å². The van der Waals surface area contributed by atoms with Gasteiger partial charge in [-0.05, 0) is 11.6 Å². The minimum atomic E-state index is -5.82. The fourth-order valence-electron chi connectivity index (χ4n) is 3.48. The molecule has 1 aliphatic carbocycles. The predicted octanol–water partition coefficient (Wildman–Crippen LogP) is 4.72. The molecule has 0 unspecified atom stereocenters. The molecule has 0 atom stereocenters. The SMILES string of the molecule is COC1=C(OC)CC2=C(C(=O)OC(C(F)(F)F)C(F)(F)F)c3ccccc3N(C)C2=C1. The minimum Gasteiger partial charge on any atom is -0.497 e. The average molecular weight is 449 g/mol. The van der Waals surface area contributed by atoms with Crippen molar-refractivity contribution in [2.75, 3.05) is 26.2 Å². The van der Waals surface area contributed by atoms with Crippen LogP contribution in [0, 0.1) is 0 Å². The van der Waals surface area contributed by atoms with Gasteiger partial charge >= 0.3 is 18.3 Å². The third-order valence-electron chi connectivity index (χ3n) is 4.88. The number of benzene rings is 1. The first-order chi connectivity index (χ1) is 14.4. The van der Waals surface area contributed by atoms with Crippen molar-refractivity contribution in [1.82, 2.24) is 0 Å². The highest BCUT2D eigenvalue weighted by atomic mass is 19.4. The summed E-state index contributed by atoms with van der Waals surface area (Å²) in [5.41, 5.74) is 0.659. The van der Waals surface area contributed by atoms with Crippen molar-refractivity contribution in [3.8, 4) is 0 Å². The lowest BCUT2D eigenvalue weighted by atomic mass is 9.86. The summed E-state index contributed by atoms with van der Waals surface area (Å²) in [5, 5.41) is 0. The maximum Gasteiger partial charge on any atom is 0.434 e. The number of hydrogen-bond acceptors (Lipinski definition) is 5. The number of anilines is 1. The number of allylic oxidation sites excluding steroid dienone is 3. The fourth-order valence-corrected chi connectivity index (χ4v) is 3.48. The van der Waals surface area contributed by atoms with Gasteiger partial charge < -0.3 is 19.1 Å². The summed E-state index contributed by atoms with van der Waals surface area (Å²) in [5.74, 6) is -1.18. The fraction of sp³-hybridized carbons (Fsp3) is 0.350. The van der Waals surface area contributed by atoms with Crippen molar-refractivity contribution in [1.29, 1.82) is 0 Å². The molecule has 0 amide bonds. The van der Waals surface area contributed by atoms with Crippen molar-refractivity contribution in [3.05, 3.63) is 58.7 Å². The Hall–Kier alpha value is -3.11. The smallest absolute Gasteiger partial charge is 0.434 e. The van der Waals surface area contributed by atoms with Crippen LogP contribution in [0.5, 0.6) is 0 Å². The van der Waals surface area contributed by atoms with E-state index in [9.17, 15) is 31.1 Å². The maximum absolute atomic E-state index is 13.0. The zero-order valence-corrected chi connectivity index (χ0v) is 16.5. The van der Waals surface area contributed by atoms with Crippen LogP contribution in [0.25, 0.3) is 5.57 Å². The second-order valence-electron chi connectivity index (χ2n) is 6.70. The monoisotopic (exact) mass is 449 g/mol. The lowest BCUT2D eigenvalue weighted by Gasteiger charge is -2.36. The lowest BCUT2D eigenvalue weighted by Crippen LogP contribution is -2.46. The number of esters is 1. The van der Waals surface area contributed by atoms with Crippen LogP contribution in [0.2, 0.25) is 0 Å². The molecule has 5 nitrogen and oxygen atoms in total. The van der Waals surface area contributed by atoms with Crippen LogP contribution in [0.1, 0.15) is 12.0 Å². The van der Waals surface area contributed by atoms with Crippen LogP contribution in [-0.2, 0) is 19.0 Å². The van der Waals surface area contributed by atoms with Gasteiger partial charge in [-0.1, -0.05) is 18.2 Å². The molecule has 0 saturated heterocycles. The Morgan fingerprint density at radius 3 is 2.19 bits per heavy atom. The maximum atomic E-state index is 13.0. The molecule has 2 aliphatic rings. The van der Waals surface area contributed by atoms with E-state index < -0.39 is 30.0 Å². The number of ether oxygens (including phenoxy) is 3. The molecule has 0 bridgehead atoms. The molecule has 1 aliphatic heterocycles.